The van der Waals surface area contributed by atoms with Gasteiger partial charge in [0.05, 0.1) is 0 Å². The molecule has 2 rings (SSSR count). The topological polar surface area (TPSA) is 0 Å². The lowest BCUT2D eigenvalue weighted by Gasteiger charge is -2.13. The molecule has 27 heavy (non-hydrogen) atoms. The molecule has 0 aliphatic rings. The molecule has 0 aromatic heterocycles. The van der Waals surface area contributed by atoms with Gasteiger partial charge in [-0.3, -0.25) is 0 Å². The van der Waals surface area contributed by atoms with E-state index in [1.807, 2.05) is 35.3 Å². The minimum Gasteiger partial charge on any atom is -0.126 e. The van der Waals surface area contributed by atoms with E-state index in [1.165, 1.54) is 30.7 Å². The van der Waals surface area contributed by atoms with Crippen molar-refractivity contribution < 1.29 is 0 Å². The SMILES string of the molecule is CCCc1cc(Sc2ccc(SCCCl)c(CCC)c2)ccc1SCCCl. The van der Waals surface area contributed by atoms with Crippen LogP contribution in [0.3, 0.4) is 0 Å². The van der Waals surface area contributed by atoms with Crippen LogP contribution in [-0.2, 0) is 12.8 Å². The fourth-order valence-corrected chi connectivity index (χ4v) is 5.91. The minimum absolute atomic E-state index is 0.695. The Bertz CT molecular complexity index is 644. The van der Waals surface area contributed by atoms with Crippen LogP contribution in [-0.4, -0.2) is 23.3 Å². The van der Waals surface area contributed by atoms with Gasteiger partial charge in [0, 0.05) is 42.8 Å². The molecular weight excluding hydrogens is 431 g/mol. The summed E-state index contributed by atoms with van der Waals surface area (Å²) in [5.74, 6) is 3.32. The molecule has 0 radical (unpaired) electrons. The summed E-state index contributed by atoms with van der Waals surface area (Å²) in [6, 6.07) is 13.7. The number of hydrogen-bond donors (Lipinski definition) is 0. The van der Waals surface area contributed by atoms with Crippen molar-refractivity contribution in [1.29, 1.82) is 0 Å². The summed E-state index contributed by atoms with van der Waals surface area (Å²) in [7, 11) is 0. The van der Waals surface area contributed by atoms with Crippen molar-refractivity contribution >= 4 is 58.5 Å². The Hall–Kier alpha value is 0.0700. The van der Waals surface area contributed by atoms with Crippen LogP contribution in [0, 0.1) is 0 Å². The van der Waals surface area contributed by atoms with Gasteiger partial charge in [0.25, 0.3) is 0 Å². The number of halogens is 2. The molecule has 0 heterocycles. The van der Waals surface area contributed by atoms with E-state index in [9.17, 15) is 0 Å². The molecule has 0 saturated heterocycles. The van der Waals surface area contributed by atoms with E-state index in [0.717, 1.165) is 37.2 Å². The van der Waals surface area contributed by atoms with Crippen LogP contribution in [0.5, 0.6) is 0 Å². The first-order valence-electron chi connectivity index (χ1n) is 9.53. The van der Waals surface area contributed by atoms with Gasteiger partial charge in [0.2, 0.25) is 0 Å². The number of alkyl halides is 2. The molecule has 0 amide bonds. The van der Waals surface area contributed by atoms with Gasteiger partial charge in [-0.25, -0.2) is 0 Å². The number of rotatable bonds is 12. The Labute approximate surface area is 187 Å². The van der Waals surface area contributed by atoms with Gasteiger partial charge < -0.3 is 0 Å². The molecule has 0 bridgehead atoms. The van der Waals surface area contributed by atoms with Gasteiger partial charge in [0.1, 0.15) is 0 Å². The predicted octanol–water partition coefficient (Wildman–Crippen LogP) is 8.40. The van der Waals surface area contributed by atoms with Crippen molar-refractivity contribution in [2.75, 3.05) is 23.3 Å². The lowest BCUT2D eigenvalue weighted by Crippen LogP contribution is -1.92. The third-order valence-corrected chi connectivity index (χ3v) is 8.05. The van der Waals surface area contributed by atoms with Gasteiger partial charge >= 0.3 is 0 Å². The van der Waals surface area contributed by atoms with Gasteiger partial charge in [-0.15, -0.1) is 46.7 Å². The molecule has 0 fully saturated rings. The lowest BCUT2D eigenvalue weighted by molar-refractivity contribution is 0.894. The lowest BCUT2D eigenvalue weighted by atomic mass is 10.1. The normalized spacial score (nSPS) is 11.1. The van der Waals surface area contributed by atoms with Crippen molar-refractivity contribution in [1.82, 2.24) is 0 Å². The number of benzene rings is 2. The van der Waals surface area contributed by atoms with E-state index in [1.54, 1.807) is 0 Å². The molecular formula is C22H28Cl2S3. The van der Waals surface area contributed by atoms with E-state index in [-0.39, 0.29) is 0 Å². The molecule has 148 valence electrons. The average molecular weight is 460 g/mol. The third kappa shape index (κ3) is 7.78. The number of thioether (sulfide) groups is 2. The summed E-state index contributed by atoms with van der Waals surface area (Å²) in [5, 5.41) is 0. The molecule has 2 aromatic carbocycles. The average Bonchev–Trinajstić information content (AvgIpc) is 2.67. The van der Waals surface area contributed by atoms with Crippen LogP contribution < -0.4 is 0 Å². The molecule has 0 atom stereocenters. The Morgan fingerprint density at radius 1 is 0.704 bits per heavy atom. The molecule has 0 unspecified atom stereocenters. The molecule has 0 saturated carbocycles. The standard InChI is InChI=1S/C22H28Cl2S3/c1-3-5-17-15-19(7-9-21(17)25-13-11-23)27-20-8-10-22(26-14-12-24)18(16-20)6-4-2/h7-10,15-16H,3-6,11-14H2,1-2H3. The van der Waals surface area contributed by atoms with Crippen LogP contribution >= 0.6 is 58.5 Å². The van der Waals surface area contributed by atoms with Crippen LogP contribution in [0.2, 0.25) is 0 Å². The van der Waals surface area contributed by atoms with Crippen molar-refractivity contribution in [2.24, 2.45) is 0 Å². The predicted molar refractivity (Wildman–Crippen MR) is 128 cm³/mol. The maximum absolute atomic E-state index is 5.87. The second kappa shape index (κ2) is 13.3. The first-order valence-corrected chi connectivity index (χ1v) is 13.4. The zero-order chi connectivity index (χ0) is 19.5. The summed E-state index contributed by atoms with van der Waals surface area (Å²) < 4.78 is 0. The molecule has 0 spiro atoms. The van der Waals surface area contributed by atoms with Crippen molar-refractivity contribution in [3.8, 4) is 0 Å². The van der Waals surface area contributed by atoms with Gasteiger partial charge in [-0.2, -0.15) is 0 Å². The third-order valence-electron chi connectivity index (χ3n) is 4.01. The summed E-state index contributed by atoms with van der Waals surface area (Å²) in [4.78, 5) is 5.39. The van der Waals surface area contributed by atoms with Crippen LogP contribution in [0.4, 0.5) is 0 Å². The zero-order valence-electron chi connectivity index (χ0n) is 16.1. The number of aryl methyl sites for hydroxylation is 2. The summed E-state index contributed by atoms with van der Waals surface area (Å²) in [5.41, 5.74) is 2.89. The maximum Gasteiger partial charge on any atom is 0.0317 e. The van der Waals surface area contributed by atoms with E-state index in [4.69, 9.17) is 23.2 Å². The molecule has 5 heteroatoms. The van der Waals surface area contributed by atoms with Crippen LogP contribution in [0.1, 0.15) is 37.8 Å². The van der Waals surface area contributed by atoms with Crippen LogP contribution in [0.25, 0.3) is 0 Å². The summed E-state index contributed by atoms with van der Waals surface area (Å²) in [6.45, 7) is 4.48. The fourth-order valence-electron chi connectivity index (χ4n) is 2.88. The highest BCUT2D eigenvalue weighted by Gasteiger charge is 2.08. The highest BCUT2D eigenvalue weighted by atomic mass is 35.5. The first kappa shape index (κ1) is 23.3. The summed E-state index contributed by atoms with van der Waals surface area (Å²) >= 11 is 17.3. The van der Waals surface area contributed by atoms with Gasteiger partial charge in [0.15, 0.2) is 0 Å². The largest absolute Gasteiger partial charge is 0.126 e. The monoisotopic (exact) mass is 458 g/mol. The van der Waals surface area contributed by atoms with Crippen LogP contribution in [0.15, 0.2) is 56.0 Å². The van der Waals surface area contributed by atoms with Crippen molar-refractivity contribution in [3.05, 3.63) is 47.5 Å². The molecule has 2 aromatic rings. The molecule has 0 nitrogen and oxygen atoms in total. The number of hydrogen-bond acceptors (Lipinski definition) is 3. The van der Waals surface area contributed by atoms with Crippen molar-refractivity contribution in [3.63, 3.8) is 0 Å². The molecule has 0 N–H and O–H groups in total. The van der Waals surface area contributed by atoms with Gasteiger partial charge in [-0.1, -0.05) is 38.5 Å². The second-order valence-electron chi connectivity index (χ2n) is 6.22. The van der Waals surface area contributed by atoms with E-state index in [0.29, 0.717) is 11.8 Å². The molecule has 0 aliphatic heterocycles. The van der Waals surface area contributed by atoms with E-state index >= 15 is 0 Å². The second-order valence-corrected chi connectivity index (χ2v) is 10.4. The quantitative estimate of drug-likeness (QED) is 0.231. The van der Waals surface area contributed by atoms with Crippen molar-refractivity contribution in [2.45, 2.75) is 59.1 Å². The highest BCUT2D eigenvalue weighted by molar-refractivity contribution is 8.00. The highest BCUT2D eigenvalue weighted by Crippen LogP contribution is 2.35. The summed E-state index contributed by atoms with van der Waals surface area (Å²) in [6.07, 6.45) is 4.56. The van der Waals surface area contributed by atoms with E-state index in [2.05, 4.69) is 50.2 Å². The Morgan fingerprint density at radius 3 is 1.52 bits per heavy atom. The smallest absolute Gasteiger partial charge is 0.0317 e. The Morgan fingerprint density at radius 2 is 1.15 bits per heavy atom. The maximum atomic E-state index is 5.87. The Balaban J connectivity index is 2.19. The van der Waals surface area contributed by atoms with Gasteiger partial charge in [-0.05, 0) is 60.4 Å². The first-order chi connectivity index (χ1) is 13.2. The molecule has 0 aliphatic carbocycles. The fraction of sp³-hybridized carbons (Fsp3) is 0.455. The zero-order valence-corrected chi connectivity index (χ0v) is 20.1. The minimum atomic E-state index is 0.695. The van der Waals surface area contributed by atoms with E-state index < -0.39 is 0 Å². The Kier molecular flexibility index (Phi) is 11.5.